The maximum Gasteiger partial charge on any atom is 0.274 e. The van der Waals surface area contributed by atoms with Crippen molar-refractivity contribution in [3.8, 4) is 0 Å². The summed E-state index contributed by atoms with van der Waals surface area (Å²) in [6, 6.07) is 13.3. The smallest absolute Gasteiger partial charge is 0.274 e. The van der Waals surface area contributed by atoms with Crippen LogP contribution < -0.4 is 10.9 Å². The molecule has 8 nitrogen and oxygen atoms in total. The molecule has 200 valence electrons. The monoisotopic (exact) mass is 660 g/mol. The Balaban J connectivity index is 1.17. The fourth-order valence-electron chi connectivity index (χ4n) is 4.17. The third-order valence-corrected chi connectivity index (χ3v) is 8.52. The molecule has 0 spiro atoms. The molecule has 0 unspecified atom stereocenters. The summed E-state index contributed by atoms with van der Waals surface area (Å²) in [7, 11) is 3.65. The van der Waals surface area contributed by atoms with Gasteiger partial charge in [0.2, 0.25) is 5.91 Å². The number of halogens is 2. The number of anilines is 1. The molecular weight excluding hydrogens is 632 g/mol. The van der Waals surface area contributed by atoms with Gasteiger partial charge in [-0.25, -0.2) is 4.68 Å². The Labute approximate surface area is 242 Å². The van der Waals surface area contributed by atoms with Crippen LogP contribution in [0, 0.1) is 0 Å². The third-order valence-electron chi connectivity index (χ3n) is 6.27. The van der Waals surface area contributed by atoms with Gasteiger partial charge >= 0.3 is 0 Å². The fourth-order valence-corrected chi connectivity index (χ4v) is 6.24. The topological polar surface area (TPSA) is 94.7 Å². The van der Waals surface area contributed by atoms with Crippen LogP contribution in [-0.4, -0.2) is 36.2 Å². The second-order valence-electron chi connectivity index (χ2n) is 9.09. The van der Waals surface area contributed by atoms with Gasteiger partial charge in [0, 0.05) is 40.6 Å². The zero-order valence-electron chi connectivity index (χ0n) is 21.4. The second-order valence-corrected chi connectivity index (χ2v) is 11.9. The quantitative estimate of drug-likeness (QED) is 0.143. The molecule has 0 radical (unpaired) electrons. The van der Waals surface area contributed by atoms with Gasteiger partial charge in [0.15, 0.2) is 5.16 Å². The molecular formula is C27H30Br2N6O2S. The number of nitrogens with zero attached hydrogens (tertiary/aromatic N) is 5. The van der Waals surface area contributed by atoms with Crippen molar-refractivity contribution < 1.29 is 4.79 Å². The molecule has 4 aromatic rings. The lowest BCUT2D eigenvalue weighted by molar-refractivity contribution is -0.116. The molecule has 0 atom stereocenters. The summed E-state index contributed by atoms with van der Waals surface area (Å²) in [5.41, 5.74) is 1.50. The van der Waals surface area contributed by atoms with Gasteiger partial charge in [-0.3, -0.25) is 9.59 Å². The molecule has 1 amide bonds. The highest BCUT2D eigenvalue weighted by atomic mass is 79.9. The molecule has 2 heterocycles. The van der Waals surface area contributed by atoms with Gasteiger partial charge in [0.25, 0.3) is 5.56 Å². The largest absolute Gasteiger partial charge is 0.325 e. The average Bonchev–Trinajstić information content (AvgIpc) is 3.24. The van der Waals surface area contributed by atoms with Crippen LogP contribution in [0.25, 0.3) is 10.8 Å². The number of aryl methyl sites for hydroxylation is 1. The molecule has 0 aliphatic heterocycles. The van der Waals surface area contributed by atoms with Gasteiger partial charge in [0.05, 0.1) is 23.2 Å². The van der Waals surface area contributed by atoms with Crippen molar-refractivity contribution in [1.82, 2.24) is 24.5 Å². The lowest BCUT2D eigenvalue weighted by Crippen LogP contribution is -2.21. The van der Waals surface area contributed by atoms with Crippen LogP contribution in [0.1, 0.15) is 50.0 Å². The number of hydrogen-bond acceptors (Lipinski definition) is 6. The van der Waals surface area contributed by atoms with Crippen molar-refractivity contribution in [3.05, 3.63) is 73.3 Å². The normalized spacial score (nSPS) is 11.3. The number of unbranched alkanes of at least 4 members (excludes halogenated alkanes) is 4. The van der Waals surface area contributed by atoms with Crippen LogP contribution in [0.5, 0.6) is 0 Å². The Morgan fingerprint density at radius 2 is 1.71 bits per heavy atom. The van der Waals surface area contributed by atoms with E-state index in [0.29, 0.717) is 18.2 Å². The molecule has 2 aromatic heterocycles. The van der Waals surface area contributed by atoms with Gasteiger partial charge in [-0.05, 0) is 53.0 Å². The second kappa shape index (κ2) is 13.5. The highest BCUT2D eigenvalue weighted by molar-refractivity contribution is 9.11. The van der Waals surface area contributed by atoms with Crippen molar-refractivity contribution >= 4 is 66.0 Å². The van der Waals surface area contributed by atoms with E-state index in [9.17, 15) is 9.59 Å². The number of rotatable bonds is 12. The van der Waals surface area contributed by atoms with Crippen LogP contribution in [0.3, 0.4) is 0 Å². The molecule has 2 aromatic carbocycles. The van der Waals surface area contributed by atoms with Gasteiger partial charge in [-0.1, -0.05) is 65.2 Å². The number of aromatic nitrogens is 5. The van der Waals surface area contributed by atoms with E-state index in [1.807, 2.05) is 54.1 Å². The predicted molar refractivity (Wildman–Crippen MR) is 160 cm³/mol. The Kier molecular flexibility index (Phi) is 10.1. The number of benzene rings is 2. The molecule has 11 heteroatoms. The van der Waals surface area contributed by atoms with Gasteiger partial charge in [-0.2, -0.15) is 5.10 Å². The predicted octanol–water partition coefficient (Wildman–Crippen LogP) is 6.25. The maximum atomic E-state index is 12.4. The average molecular weight is 662 g/mol. The number of amides is 1. The summed E-state index contributed by atoms with van der Waals surface area (Å²) >= 11 is 8.59. The highest BCUT2D eigenvalue weighted by Gasteiger charge is 2.14. The Morgan fingerprint density at radius 3 is 2.50 bits per heavy atom. The Morgan fingerprint density at radius 1 is 0.974 bits per heavy atom. The van der Waals surface area contributed by atoms with Crippen molar-refractivity contribution in [2.24, 2.45) is 14.1 Å². The fraction of sp³-hybridized carbons (Fsp3) is 0.370. The maximum absolute atomic E-state index is 12.4. The van der Waals surface area contributed by atoms with Crippen LogP contribution in [0.15, 0.2) is 61.4 Å². The molecule has 0 saturated heterocycles. The van der Waals surface area contributed by atoms with Crippen LogP contribution in [-0.2, 0) is 25.3 Å². The van der Waals surface area contributed by atoms with Crippen LogP contribution in [0.2, 0.25) is 0 Å². The summed E-state index contributed by atoms with van der Waals surface area (Å²) in [5, 5.41) is 18.6. The molecule has 4 rings (SSSR count). The minimum atomic E-state index is -0.101. The molecule has 0 bridgehead atoms. The first kappa shape index (κ1) is 28.5. The van der Waals surface area contributed by atoms with Crippen molar-refractivity contribution in [2.45, 2.75) is 50.1 Å². The number of nitrogens with one attached hydrogen (secondary N) is 1. The summed E-state index contributed by atoms with van der Waals surface area (Å²) in [6.45, 7) is 0. The van der Waals surface area contributed by atoms with E-state index < -0.39 is 0 Å². The van der Waals surface area contributed by atoms with Gasteiger partial charge in [0.1, 0.15) is 5.82 Å². The number of carbonyl (C=O) groups is 1. The SMILES string of the molecule is Cn1c(Cc2nn(C)c(=O)c3ccccc23)nnc1SCCCCCCCC(=O)Nc1ccc(Br)cc1Br. The number of carbonyl (C=O) groups excluding carboxylic acids is 1. The van der Waals surface area contributed by atoms with Crippen molar-refractivity contribution in [1.29, 1.82) is 0 Å². The van der Waals surface area contributed by atoms with Crippen molar-refractivity contribution in [2.75, 3.05) is 11.1 Å². The lowest BCUT2D eigenvalue weighted by atomic mass is 10.1. The molecule has 0 aliphatic carbocycles. The summed E-state index contributed by atoms with van der Waals surface area (Å²) in [4.78, 5) is 24.6. The van der Waals surface area contributed by atoms with Crippen LogP contribution >= 0.6 is 43.6 Å². The molecule has 1 N–H and O–H groups in total. The molecule has 0 saturated carbocycles. The first-order valence-corrected chi connectivity index (χ1v) is 15.1. The minimum absolute atomic E-state index is 0.0441. The number of thioether (sulfide) groups is 1. The van der Waals surface area contributed by atoms with Gasteiger partial charge < -0.3 is 9.88 Å². The van der Waals surface area contributed by atoms with Crippen molar-refractivity contribution in [3.63, 3.8) is 0 Å². The summed E-state index contributed by atoms with van der Waals surface area (Å²) in [6.07, 6.45) is 6.25. The van der Waals surface area contributed by atoms with E-state index in [-0.39, 0.29) is 11.5 Å². The Bertz CT molecular complexity index is 1490. The van der Waals surface area contributed by atoms with E-state index in [1.54, 1.807) is 18.8 Å². The minimum Gasteiger partial charge on any atom is -0.325 e. The highest BCUT2D eigenvalue weighted by Crippen LogP contribution is 2.26. The van der Waals surface area contributed by atoms with Crippen LogP contribution in [0.4, 0.5) is 5.69 Å². The summed E-state index contributed by atoms with van der Waals surface area (Å²) in [5.74, 6) is 1.82. The van der Waals surface area contributed by atoms with E-state index in [2.05, 4.69) is 52.5 Å². The molecule has 38 heavy (non-hydrogen) atoms. The summed E-state index contributed by atoms with van der Waals surface area (Å²) < 4.78 is 5.23. The first-order chi connectivity index (χ1) is 18.3. The van der Waals surface area contributed by atoms with Gasteiger partial charge in [-0.15, -0.1) is 10.2 Å². The first-order valence-electron chi connectivity index (χ1n) is 12.5. The third kappa shape index (κ3) is 7.33. The molecule has 0 aliphatic rings. The lowest BCUT2D eigenvalue weighted by Gasteiger charge is -2.08. The van der Waals surface area contributed by atoms with E-state index in [1.165, 1.54) is 4.68 Å². The number of fused-ring (bicyclic) bond motifs is 1. The number of hydrogen-bond donors (Lipinski definition) is 1. The van der Waals surface area contributed by atoms with E-state index in [0.717, 1.165) is 74.6 Å². The zero-order valence-corrected chi connectivity index (χ0v) is 25.4. The van der Waals surface area contributed by atoms with E-state index in [4.69, 9.17) is 0 Å². The zero-order chi connectivity index (χ0) is 27.1. The molecule has 0 fully saturated rings. The van der Waals surface area contributed by atoms with E-state index >= 15 is 0 Å². The Hall–Kier alpha value is -2.50. The standard InChI is InChI=1S/C27H30Br2N6O2S/c1-34-24(17-23-19-10-7-8-11-20(19)26(37)35(2)33-23)31-32-27(34)38-15-9-5-3-4-6-12-25(36)30-22-14-13-18(28)16-21(22)29/h7-8,10-11,13-14,16H,3-6,9,12,15,17H2,1-2H3,(H,30,36).